The first-order valence-electron chi connectivity index (χ1n) is 7.34. The van der Waals surface area contributed by atoms with E-state index in [-0.39, 0.29) is 0 Å². The number of ether oxygens (including phenoxy) is 1. The average Bonchev–Trinajstić information content (AvgIpc) is 2.91. The molecule has 0 bridgehead atoms. The predicted molar refractivity (Wildman–Crippen MR) is 86.0 cm³/mol. The van der Waals surface area contributed by atoms with Crippen LogP contribution in [0.4, 0.5) is 5.69 Å². The molecule has 1 aliphatic rings. The van der Waals surface area contributed by atoms with Crippen molar-refractivity contribution in [3.63, 3.8) is 0 Å². The zero-order valence-electron chi connectivity index (χ0n) is 12.1. The van der Waals surface area contributed by atoms with E-state index >= 15 is 0 Å². The molecule has 0 radical (unpaired) electrons. The molecule has 3 heteroatoms. The molecule has 0 fully saturated rings. The first-order chi connectivity index (χ1) is 9.78. The summed E-state index contributed by atoms with van der Waals surface area (Å²) in [5, 5.41) is 5.93. The van der Waals surface area contributed by atoms with Crippen molar-refractivity contribution >= 4 is 17.0 Å². The Kier molecular flexibility index (Phi) is 3.97. The molecule has 0 saturated heterocycles. The summed E-state index contributed by atoms with van der Waals surface area (Å²) in [5.41, 5.74) is 3.96. The van der Waals surface area contributed by atoms with Crippen LogP contribution in [-0.4, -0.2) is 6.61 Å². The molecule has 1 atom stereocenters. The molecule has 1 heterocycles. The van der Waals surface area contributed by atoms with E-state index < -0.39 is 0 Å². The van der Waals surface area contributed by atoms with Crippen molar-refractivity contribution in [1.82, 2.24) is 0 Å². The van der Waals surface area contributed by atoms with Gasteiger partial charge < -0.3 is 10.1 Å². The quantitative estimate of drug-likeness (QED) is 0.859. The highest BCUT2D eigenvalue weighted by atomic mass is 32.1. The first-order valence-corrected chi connectivity index (χ1v) is 8.22. The van der Waals surface area contributed by atoms with Crippen LogP contribution in [-0.2, 0) is 6.42 Å². The number of thiophene rings is 1. The van der Waals surface area contributed by atoms with E-state index in [0.717, 1.165) is 5.75 Å². The van der Waals surface area contributed by atoms with E-state index in [2.05, 4.69) is 41.9 Å². The van der Waals surface area contributed by atoms with E-state index in [0.29, 0.717) is 12.6 Å². The maximum Gasteiger partial charge on any atom is 0.119 e. The molecule has 1 aromatic carbocycles. The second kappa shape index (κ2) is 5.88. The second-order valence-electron chi connectivity index (χ2n) is 5.30. The van der Waals surface area contributed by atoms with Gasteiger partial charge in [0.15, 0.2) is 0 Å². The fourth-order valence-corrected chi connectivity index (χ4v) is 3.87. The van der Waals surface area contributed by atoms with Crippen LogP contribution in [0.2, 0.25) is 0 Å². The van der Waals surface area contributed by atoms with E-state index in [1.54, 1.807) is 4.88 Å². The van der Waals surface area contributed by atoms with Crippen molar-refractivity contribution in [2.75, 3.05) is 11.9 Å². The maximum atomic E-state index is 5.55. The van der Waals surface area contributed by atoms with Crippen LogP contribution in [0.15, 0.2) is 29.6 Å². The Morgan fingerprint density at radius 3 is 3.05 bits per heavy atom. The summed E-state index contributed by atoms with van der Waals surface area (Å²) in [5.74, 6) is 0.954. The van der Waals surface area contributed by atoms with Gasteiger partial charge in [-0.25, -0.2) is 0 Å². The summed E-state index contributed by atoms with van der Waals surface area (Å²) >= 11 is 1.89. The van der Waals surface area contributed by atoms with Crippen LogP contribution in [0.3, 0.4) is 0 Å². The molecule has 0 spiro atoms. The topological polar surface area (TPSA) is 21.3 Å². The van der Waals surface area contributed by atoms with Crippen molar-refractivity contribution in [3.8, 4) is 5.75 Å². The highest BCUT2D eigenvalue weighted by molar-refractivity contribution is 7.10. The van der Waals surface area contributed by atoms with Gasteiger partial charge in [-0.1, -0.05) is 0 Å². The van der Waals surface area contributed by atoms with E-state index in [9.17, 15) is 0 Å². The van der Waals surface area contributed by atoms with Crippen molar-refractivity contribution in [2.45, 2.75) is 39.2 Å². The molecule has 20 heavy (non-hydrogen) atoms. The standard InChI is InChI=1S/C17H21NOS/c1-3-19-13-7-8-15(12(2)11-13)18-16-5-4-6-17-14(16)9-10-20-17/h7-11,16,18H,3-6H2,1-2H3. The van der Waals surface area contributed by atoms with Gasteiger partial charge in [-0.05, 0) is 73.9 Å². The summed E-state index contributed by atoms with van der Waals surface area (Å²) in [6.45, 7) is 4.87. The molecule has 1 aliphatic carbocycles. The number of hydrogen-bond acceptors (Lipinski definition) is 3. The van der Waals surface area contributed by atoms with Gasteiger partial charge in [0.05, 0.1) is 12.6 Å². The van der Waals surface area contributed by atoms with Crippen molar-refractivity contribution < 1.29 is 4.74 Å². The monoisotopic (exact) mass is 287 g/mol. The van der Waals surface area contributed by atoms with E-state index in [1.807, 2.05) is 18.3 Å². The number of fused-ring (bicyclic) bond motifs is 1. The molecule has 106 valence electrons. The van der Waals surface area contributed by atoms with Gasteiger partial charge in [-0.2, -0.15) is 0 Å². The number of hydrogen-bond donors (Lipinski definition) is 1. The zero-order valence-corrected chi connectivity index (χ0v) is 12.9. The number of aryl methyl sites for hydroxylation is 2. The lowest BCUT2D eigenvalue weighted by Crippen LogP contribution is -2.16. The lowest BCUT2D eigenvalue weighted by atomic mass is 9.93. The van der Waals surface area contributed by atoms with Gasteiger partial charge in [0.25, 0.3) is 0 Å². The van der Waals surface area contributed by atoms with Gasteiger partial charge in [0.1, 0.15) is 5.75 Å². The lowest BCUT2D eigenvalue weighted by molar-refractivity contribution is 0.340. The number of nitrogens with one attached hydrogen (secondary N) is 1. The Morgan fingerprint density at radius 1 is 1.35 bits per heavy atom. The number of rotatable bonds is 4. The first kappa shape index (κ1) is 13.5. The predicted octanol–water partition coefficient (Wildman–Crippen LogP) is 4.94. The Balaban J connectivity index is 1.79. The highest BCUT2D eigenvalue weighted by Gasteiger charge is 2.21. The van der Waals surface area contributed by atoms with Crippen molar-refractivity contribution in [2.24, 2.45) is 0 Å². The number of benzene rings is 1. The molecule has 2 aromatic rings. The van der Waals surface area contributed by atoms with Crippen LogP contribution in [0.5, 0.6) is 5.75 Å². The summed E-state index contributed by atoms with van der Waals surface area (Å²) in [6.07, 6.45) is 3.74. The summed E-state index contributed by atoms with van der Waals surface area (Å²) in [6, 6.07) is 9.04. The average molecular weight is 287 g/mol. The van der Waals surface area contributed by atoms with Crippen molar-refractivity contribution in [1.29, 1.82) is 0 Å². The van der Waals surface area contributed by atoms with Gasteiger partial charge in [0, 0.05) is 10.6 Å². The second-order valence-corrected chi connectivity index (χ2v) is 6.30. The Labute approximate surface area is 124 Å². The van der Waals surface area contributed by atoms with Gasteiger partial charge in [0.2, 0.25) is 0 Å². The van der Waals surface area contributed by atoms with E-state index in [4.69, 9.17) is 4.74 Å². The number of anilines is 1. The molecule has 3 rings (SSSR count). The smallest absolute Gasteiger partial charge is 0.119 e. The summed E-state index contributed by atoms with van der Waals surface area (Å²) in [7, 11) is 0. The zero-order chi connectivity index (χ0) is 13.9. The Bertz CT molecular complexity index is 590. The molecule has 1 aromatic heterocycles. The van der Waals surface area contributed by atoms with Crippen LogP contribution in [0.1, 0.15) is 41.8 Å². The fourth-order valence-electron chi connectivity index (χ4n) is 2.88. The fraction of sp³-hybridized carbons (Fsp3) is 0.412. The highest BCUT2D eigenvalue weighted by Crippen LogP contribution is 2.36. The third kappa shape index (κ3) is 2.68. The summed E-state index contributed by atoms with van der Waals surface area (Å²) < 4.78 is 5.55. The van der Waals surface area contributed by atoms with Crippen LogP contribution in [0.25, 0.3) is 0 Å². The van der Waals surface area contributed by atoms with Gasteiger partial charge in [-0.15, -0.1) is 11.3 Å². The molecule has 2 nitrogen and oxygen atoms in total. The molecule has 1 unspecified atom stereocenters. The van der Waals surface area contributed by atoms with E-state index in [1.165, 1.54) is 36.1 Å². The maximum absolute atomic E-state index is 5.55. The molecule has 0 saturated carbocycles. The molecular weight excluding hydrogens is 266 g/mol. The minimum atomic E-state index is 0.460. The minimum absolute atomic E-state index is 0.460. The minimum Gasteiger partial charge on any atom is -0.494 e. The lowest BCUT2D eigenvalue weighted by Gasteiger charge is -2.25. The SMILES string of the molecule is CCOc1ccc(NC2CCCc3sccc32)c(C)c1. The van der Waals surface area contributed by atoms with Crippen LogP contribution >= 0.6 is 11.3 Å². The normalized spacial score (nSPS) is 17.6. The largest absolute Gasteiger partial charge is 0.494 e. The Hall–Kier alpha value is -1.48. The third-order valence-electron chi connectivity index (χ3n) is 3.89. The Morgan fingerprint density at radius 2 is 2.25 bits per heavy atom. The molecule has 0 amide bonds. The van der Waals surface area contributed by atoms with Crippen LogP contribution in [0, 0.1) is 6.92 Å². The van der Waals surface area contributed by atoms with Gasteiger partial charge in [-0.3, -0.25) is 0 Å². The third-order valence-corrected chi connectivity index (χ3v) is 4.89. The van der Waals surface area contributed by atoms with Gasteiger partial charge >= 0.3 is 0 Å². The van der Waals surface area contributed by atoms with Crippen molar-refractivity contribution in [3.05, 3.63) is 45.6 Å². The molecule has 0 aliphatic heterocycles. The molecule has 1 N–H and O–H groups in total. The molecular formula is C17H21NOS. The van der Waals surface area contributed by atoms with Crippen LogP contribution < -0.4 is 10.1 Å². The summed E-state index contributed by atoms with van der Waals surface area (Å²) in [4.78, 5) is 1.55.